The molecule has 0 aliphatic heterocycles. The molecule has 15 heteroatoms. The van der Waals surface area contributed by atoms with Gasteiger partial charge in [-0.15, -0.1) is 0 Å². The third-order valence-corrected chi connectivity index (χ3v) is 4.93. The highest BCUT2D eigenvalue weighted by Gasteiger charge is 2.28. The third kappa shape index (κ3) is 14.4. The summed E-state index contributed by atoms with van der Waals surface area (Å²) in [6.07, 6.45) is 1.64. The Labute approximate surface area is 204 Å². The molecule has 0 aromatic rings. The number of guanidine groups is 1. The molecule has 4 amide bonds. The van der Waals surface area contributed by atoms with Gasteiger partial charge in [0.1, 0.15) is 18.1 Å². The molecule has 0 aliphatic carbocycles. The molecule has 15 nitrogen and oxygen atoms in total. The van der Waals surface area contributed by atoms with Crippen LogP contribution in [0.15, 0.2) is 4.99 Å². The predicted molar refractivity (Wildman–Crippen MR) is 128 cm³/mol. The summed E-state index contributed by atoms with van der Waals surface area (Å²) in [7, 11) is 0. The number of primary amides is 1. The van der Waals surface area contributed by atoms with Gasteiger partial charge in [0.05, 0.1) is 6.04 Å². The minimum Gasteiger partial charge on any atom is -0.480 e. The van der Waals surface area contributed by atoms with Crippen LogP contribution >= 0.6 is 0 Å². The summed E-state index contributed by atoms with van der Waals surface area (Å²) in [4.78, 5) is 63.7. The van der Waals surface area contributed by atoms with Gasteiger partial charge in [-0.25, -0.2) is 4.79 Å². The number of carboxylic acids is 1. The van der Waals surface area contributed by atoms with E-state index in [0.717, 1.165) is 0 Å². The van der Waals surface area contributed by atoms with Crippen molar-refractivity contribution in [3.63, 3.8) is 0 Å². The van der Waals surface area contributed by atoms with Crippen LogP contribution in [0.4, 0.5) is 0 Å². The first-order chi connectivity index (χ1) is 16.4. The summed E-state index contributed by atoms with van der Waals surface area (Å²) < 4.78 is 0. The summed E-state index contributed by atoms with van der Waals surface area (Å²) in [6, 6.07) is -4.37. The Morgan fingerprint density at radius 3 is 1.97 bits per heavy atom. The van der Waals surface area contributed by atoms with Crippen molar-refractivity contribution in [2.45, 2.75) is 76.0 Å². The molecule has 4 unspecified atom stereocenters. The van der Waals surface area contributed by atoms with Crippen molar-refractivity contribution in [1.29, 1.82) is 0 Å². The number of nitrogens with zero attached hydrogens (tertiary/aromatic N) is 1. The van der Waals surface area contributed by atoms with Gasteiger partial charge in [0.2, 0.25) is 23.6 Å². The zero-order chi connectivity index (χ0) is 27.0. The predicted octanol–water partition coefficient (Wildman–Crippen LogP) is -3.68. The summed E-state index contributed by atoms with van der Waals surface area (Å²) in [5, 5.41) is 16.7. The zero-order valence-electron chi connectivity index (χ0n) is 20.0. The van der Waals surface area contributed by atoms with Crippen molar-refractivity contribution in [2.75, 3.05) is 13.1 Å². The van der Waals surface area contributed by atoms with Gasteiger partial charge in [-0.2, -0.15) is 0 Å². The van der Waals surface area contributed by atoms with Crippen molar-refractivity contribution >= 4 is 35.6 Å². The Balaban J connectivity index is 5.04. The number of rotatable bonds is 18. The van der Waals surface area contributed by atoms with E-state index in [9.17, 15) is 29.1 Å². The Hall–Kier alpha value is -3.46. The van der Waals surface area contributed by atoms with Crippen LogP contribution in [0, 0.1) is 0 Å². The van der Waals surface area contributed by atoms with Crippen LogP contribution in [0.25, 0.3) is 0 Å². The van der Waals surface area contributed by atoms with Gasteiger partial charge in [0.25, 0.3) is 0 Å². The summed E-state index contributed by atoms with van der Waals surface area (Å²) >= 11 is 0. The minimum atomic E-state index is -1.25. The Morgan fingerprint density at radius 2 is 1.43 bits per heavy atom. The maximum atomic E-state index is 12.8. The number of nitrogens with one attached hydrogen (secondary N) is 3. The number of carbonyl (C=O) groups is 5. The quantitative estimate of drug-likeness (QED) is 0.0503. The number of carbonyl (C=O) groups excluding carboxylic acids is 4. The molecule has 0 rings (SSSR count). The minimum absolute atomic E-state index is 0.0108. The first-order valence-electron chi connectivity index (χ1n) is 11.3. The van der Waals surface area contributed by atoms with Gasteiger partial charge in [-0.1, -0.05) is 0 Å². The lowest BCUT2D eigenvalue weighted by Gasteiger charge is -2.23. The Kier molecular flexibility index (Phi) is 15.4. The van der Waals surface area contributed by atoms with Gasteiger partial charge >= 0.3 is 5.97 Å². The van der Waals surface area contributed by atoms with Crippen molar-refractivity contribution in [3.8, 4) is 0 Å². The molecule has 0 aromatic heterocycles. The number of aliphatic carboxylic acids is 1. The van der Waals surface area contributed by atoms with E-state index >= 15 is 0 Å². The molecule has 4 atom stereocenters. The summed E-state index contributed by atoms with van der Waals surface area (Å²) in [5.74, 6) is -4.01. The highest BCUT2D eigenvalue weighted by Crippen LogP contribution is 2.04. The zero-order valence-corrected chi connectivity index (χ0v) is 20.0. The lowest BCUT2D eigenvalue weighted by molar-refractivity contribution is -0.142. The molecule has 0 bridgehead atoms. The van der Waals surface area contributed by atoms with Crippen molar-refractivity contribution in [3.05, 3.63) is 0 Å². The number of nitrogens with two attached hydrogens (primary N) is 5. The Morgan fingerprint density at radius 1 is 0.829 bits per heavy atom. The van der Waals surface area contributed by atoms with Crippen LogP contribution < -0.4 is 44.6 Å². The van der Waals surface area contributed by atoms with Gasteiger partial charge in [-0.05, 0) is 52.0 Å². The first kappa shape index (κ1) is 31.5. The van der Waals surface area contributed by atoms with E-state index < -0.39 is 53.8 Å². The standard InChI is InChI=1S/C20H39N9O6/c1-11(16(31)29-14(19(34)35)6-4-10-26-20(24)25)27-18(33)13(5-2-3-9-21)28-17(32)12(22)7-8-15(23)30/h11-14H,2-10,21-22H2,1H3,(H2,23,30)(H,27,33)(H,28,32)(H,29,31)(H,34,35)(H4,24,25,26). The lowest BCUT2D eigenvalue weighted by Crippen LogP contribution is -2.56. The van der Waals surface area contributed by atoms with Gasteiger partial charge in [-0.3, -0.25) is 24.2 Å². The molecule has 0 aromatic carbocycles. The largest absolute Gasteiger partial charge is 0.480 e. The van der Waals surface area contributed by atoms with Crippen LogP contribution in [-0.4, -0.2) is 77.9 Å². The van der Waals surface area contributed by atoms with E-state index in [1.807, 2.05) is 0 Å². The van der Waals surface area contributed by atoms with E-state index in [2.05, 4.69) is 20.9 Å². The highest BCUT2D eigenvalue weighted by atomic mass is 16.4. The van der Waals surface area contributed by atoms with E-state index in [-0.39, 0.29) is 38.2 Å². The molecular formula is C20H39N9O6. The average molecular weight is 502 g/mol. The topological polar surface area (TPSA) is 284 Å². The summed E-state index contributed by atoms with van der Waals surface area (Å²) in [6.45, 7) is 1.96. The Bertz CT molecular complexity index is 757. The second-order valence-corrected chi connectivity index (χ2v) is 8.04. The van der Waals surface area contributed by atoms with E-state index in [1.165, 1.54) is 6.92 Å². The molecule has 0 radical (unpaired) electrons. The fraction of sp³-hybridized carbons (Fsp3) is 0.700. The third-order valence-electron chi connectivity index (χ3n) is 4.93. The van der Waals surface area contributed by atoms with E-state index in [0.29, 0.717) is 25.8 Å². The van der Waals surface area contributed by atoms with Crippen LogP contribution in [0.5, 0.6) is 0 Å². The van der Waals surface area contributed by atoms with Crippen LogP contribution in [-0.2, 0) is 24.0 Å². The number of aliphatic imine (C=N–C) groups is 1. The SMILES string of the molecule is CC(NC(=O)C(CCCCN)NC(=O)C(N)CCC(N)=O)C(=O)NC(CCCN=C(N)N)C(=O)O. The molecule has 0 saturated heterocycles. The van der Waals surface area contributed by atoms with Gasteiger partial charge in [0, 0.05) is 13.0 Å². The molecule has 0 saturated carbocycles. The maximum Gasteiger partial charge on any atom is 0.326 e. The normalized spacial score (nSPS) is 14.0. The van der Waals surface area contributed by atoms with E-state index in [4.69, 9.17) is 28.7 Å². The summed E-state index contributed by atoms with van der Waals surface area (Å²) in [5.41, 5.74) is 26.7. The molecule has 0 fully saturated rings. The average Bonchev–Trinajstić information content (AvgIpc) is 2.77. The fourth-order valence-electron chi connectivity index (χ4n) is 2.91. The molecule has 14 N–H and O–H groups in total. The maximum absolute atomic E-state index is 12.8. The van der Waals surface area contributed by atoms with Crippen molar-refractivity contribution < 1.29 is 29.1 Å². The number of unbranched alkanes of at least 4 members (excludes halogenated alkanes) is 1. The van der Waals surface area contributed by atoms with Crippen LogP contribution in [0.3, 0.4) is 0 Å². The molecule has 0 spiro atoms. The number of amides is 4. The molecule has 0 aliphatic rings. The van der Waals surface area contributed by atoms with Crippen LogP contribution in [0.1, 0.15) is 51.9 Å². The number of carboxylic acid groups (broad SMARTS) is 1. The molecule has 35 heavy (non-hydrogen) atoms. The van der Waals surface area contributed by atoms with Crippen molar-refractivity contribution in [2.24, 2.45) is 33.7 Å². The number of hydrogen-bond donors (Lipinski definition) is 9. The highest BCUT2D eigenvalue weighted by molar-refractivity contribution is 5.94. The molecular weight excluding hydrogens is 462 g/mol. The fourth-order valence-corrected chi connectivity index (χ4v) is 2.91. The first-order valence-corrected chi connectivity index (χ1v) is 11.3. The smallest absolute Gasteiger partial charge is 0.326 e. The second-order valence-electron chi connectivity index (χ2n) is 8.04. The monoisotopic (exact) mass is 501 g/mol. The van der Waals surface area contributed by atoms with Gasteiger partial charge < -0.3 is 49.7 Å². The van der Waals surface area contributed by atoms with E-state index in [1.54, 1.807) is 0 Å². The molecule has 0 heterocycles. The second kappa shape index (κ2) is 17.0. The van der Waals surface area contributed by atoms with Gasteiger partial charge in [0.15, 0.2) is 5.96 Å². The number of hydrogen-bond acceptors (Lipinski definition) is 8. The van der Waals surface area contributed by atoms with Crippen molar-refractivity contribution in [1.82, 2.24) is 16.0 Å². The lowest BCUT2D eigenvalue weighted by atomic mass is 10.1. The van der Waals surface area contributed by atoms with Crippen LogP contribution in [0.2, 0.25) is 0 Å². The molecule has 200 valence electrons.